The fourth-order valence-electron chi connectivity index (χ4n) is 5.51. The Labute approximate surface area is 274 Å². The van der Waals surface area contributed by atoms with E-state index in [1.54, 1.807) is 21.0 Å². The smallest absolute Gasteiger partial charge is 0.460 e. The number of nitro groups is 1. The number of carbonyl (C=O) groups is 1. The third-order valence-corrected chi connectivity index (χ3v) is 14.1. The highest BCUT2D eigenvalue weighted by Crippen LogP contribution is 2.54. The van der Waals surface area contributed by atoms with Crippen LogP contribution in [0.25, 0.3) is 0 Å². The predicted octanol–water partition coefficient (Wildman–Crippen LogP) is 10.1. The normalized spacial score (nSPS) is 14.1. The molecule has 0 radical (unpaired) electrons. The minimum Gasteiger partial charge on any atom is -0.493 e. The van der Waals surface area contributed by atoms with Crippen LogP contribution in [0.5, 0.6) is 11.5 Å². The van der Waals surface area contributed by atoms with E-state index in [0.717, 1.165) is 25.3 Å². The summed E-state index contributed by atoms with van der Waals surface area (Å²) < 4.78 is 140. The van der Waals surface area contributed by atoms with Crippen molar-refractivity contribution >= 4 is 20.0 Å². The quantitative estimate of drug-likeness (QED) is 0.0329. The minimum absolute atomic E-state index is 0.0261. The molecule has 18 heteroatoms. The van der Waals surface area contributed by atoms with Crippen molar-refractivity contribution in [1.29, 1.82) is 0 Å². The Morgan fingerprint density at radius 3 is 1.85 bits per heavy atom. The highest BCUT2D eigenvalue weighted by Gasteiger charge is 2.81. The third-order valence-electron chi connectivity index (χ3n) is 8.32. The summed E-state index contributed by atoms with van der Waals surface area (Å²) in [5.74, 6) is -21.3. The summed E-state index contributed by atoms with van der Waals surface area (Å²) in [4.78, 5) is 24.0. The maximum atomic E-state index is 13.9. The standard InChI is InChI=1S/C30H44F9NO7Si/c1-18(2)26(47-25(41)12-9-10-15-48(45-8,19(3)4)20(5)6)21-16-23(44-7)24(17-22(21)40(42)43)46-14-11-13-27(31,32)28(33,34)29(35,36)30(37,38)39/h16-20,26H,9-15H2,1-8H3. The molecule has 1 atom stereocenters. The zero-order valence-corrected chi connectivity index (χ0v) is 29.1. The molecule has 0 spiro atoms. The number of benzene rings is 1. The Morgan fingerprint density at radius 2 is 1.42 bits per heavy atom. The second-order valence-corrected chi connectivity index (χ2v) is 17.6. The number of carbonyl (C=O) groups excluding carboxylic acids is 1. The molecule has 48 heavy (non-hydrogen) atoms. The summed E-state index contributed by atoms with van der Waals surface area (Å²) in [6, 6.07) is 2.75. The van der Waals surface area contributed by atoms with Crippen LogP contribution in [-0.2, 0) is 14.0 Å². The van der Waals surface area contributed by atoms with Crippen LogP contribution < -0.4 is 9.47 Å². The Kier molecular flexibility index (Phi) is 15.1. The van der Waals surface area contributed by atoms with Crippen LogP contribution in [0.2, 0.25) is 17.1 Å². The van der Waals surface area contributed by atoms with E-state index in [1.165, 1.54) is 0 Å². The van der Waals surface area contributed by atoms with Crippen LogP contribution in [0.3, 0.4) is 0 Å². The third kappa shape index (κ3) is 9.69. The number of ether oxygens (including phenoxy) is 3. The van der Waals surface area contributed by atoms with E-state index in [2.05, 4.69) is 27.7 Å². The number of alkyl halides is 9. The molecular formula is C30H44F9NO7Si. The van der Waals surface area contributed by atoms with Gasteiger partial charge in [-0.05, 0) is 42.0 Å². The highest BCUT2D eigenvalue weighted by atomic mass is 28.4. The molecule has 0 bridgehead atoms. The van der Waals surface area contributed by atoms with Crippen molar-refractivity contribution < 1.29 is 67.9 Å². The molecule has 0 fully saturated rings. The van der Waals surface area contributed by atoms with Gasteiger partial charge in [-0.3, -0.25) is 14.9 Å². The van der Waals surface area contributed by atoms with E-state index >= 15 is 0 Å². The average Bonchev–Trinajstić information content (AvgIpc) is 2.96. The van der Waals surface area contributed by atoms with E-state index in [4.69, 9.17) is 18.6 Å². The fraction of sp³-hybridized carbons (Fsp3) is 0.767. The van der Waals surface area contributed by atoms with Gasteiger partial charge in [0.25, 0.3) is 5.69 Å². The van der Waals surface area contributed by atoms with Crippen LogP contribution in [-0.4, -0.2) is 64.0 Å². The second kappa shape index (κ2) is 16.8. The van der Waals surface area contributed by atoms with Crippen LogP contribution in [0, 0.1) is 16.0 Å². The van der Waals surface area contributed by atoms with Gasteiger partial charge >= 0.3 is 29.9 Å². The molecule has 1 rings (SSSR count). The van der Waals surface area contributed by atoms with Crippen LogP contribution >= 0.6 is 0 Å². The van der Waals surface area contributed by atoms with Crippen molar-refractivity contribution in [3.05, 3.63) is 27.8 Å². The van der Waals surface area contributed by atoms with Gasteiger partial charge in [0, 0.05) is 20.0 Å². The molecule has 0 aromatic heterocycles. The monoisotopic (exact) mass is 729 g/mol. The zero-order chi connectivity index (χ0) is 37.5. The summed E-state index contributed by atoms with van der Waals surface area (Å²) in [5.41, 5.74) is -0.0317. The van der Waals surface area contributed by atoms with Crippen molar-refractivity contribution in [1.82, 2.24) is 0 Å². The maximum absolute atomic E-state index is 13.9. The number of esters is 1. The fourth-order valence-corrected chi connectivity index (χ4v) is 9.95. The zero-order valence-electron chi connectivity index (χ0n) is 28.1. The van der Waals surface area contributed by atoms with Gasteiger partial charge in [0.1, 0.15) is 6.10 Å². The molecule has 0 amide bonds. The molecular weight excluding hydrogens is 685 g/mol. The lowest BCUT2D eigenvalue weighted by molar-refractivity contribution is -0.396. The average molecular weight is 730 g/mol. The van der Waals surface area contributed by atoms with Gasteiger partial charge in [0.05, 0.1) is 30.3 Å². The molecule has 0 heterocycles. The van der Waals surface area contributed by atoms with E-state index in [-0.39, 0.29) is 17.7 Å². The van der Waals surface area contributed by atoms with E-state index < -0.39 is 86.1 Å². The van der Waals surface area contributed by atoms with E-state index in [1.807, 2.05) is 0 Å². The van der Waals surface area contributed by atoms with E-state index in [9.17, 15) is 54.4 Å². The molecule has 1 aromatic carbocycles. The first-order chi connectivity index (χ1) is 21.8. The van der Waals surface area contributed by atoms with Crippen LogP contribution in [0.15, 0.2) is 12.1 Å². The lowest BCUT2D eigenvalue weighted by Crippen LogP contribution is -2.60. The van der Waals surface area contributed by atoms with Crippen LogP contribution in [0.4, 0.5) is 45.2 Å². The molecule has 0 saturated heterocycles. The number of nitro benzene ring substituents is 1. The summed E-state index contributed by atoms with van der Waals surface area (Å²) in [5, 5.41) is 12.0. The lowest BCUT2D eigenvalue weighted by atomic mass is 9.96. The molecule has 0 saturated carbocycles. The number of hydrogen-bond donors (Lipinski definition) is 0. The van der Waals surface area contributed by atoms with Gasteiger partial charge in [-0.15, -0.1) is 0 Å². The SMILES string of the molecule is COc1cc(C(OC(=O)CCCC[Si](OC)(C(C)C)C(C)C)C(C)C)c([N+](=O)[O-])cc1OCCCC(F)(F)C(F)(F)C(F)(F)C(F)(F)F. The van der Waals surface area contributed by atoms with Gasteiger partial charge in [-0.2, -0.15) is 39.5 Å². The molecule has 0 aliphatic carbocycles. The first-order valence-corrected chi connectivity index (χ1v) is 17.5. The molecule has 0 aliphatic heterocycles. The molecule has 1 aromatic rings. The van der Waals surface area contributed by atoms with Crippen LogP contribution in [0.1, 0.15) is 85.3 Å². The van der Waals surface area contributed by atoms with Gasteiger partial charge in [0.15, 0.2) is 19.8 Å². The first-order valence-electron chi connectivity index (χ1n) is 15.3. The molecule has 0 aliphatic rings. The van der Waals surface area contributed by atoms with Crippen molar-refractivity contribution in [2.75, 3.05) is 20.8 Å². The largest absolute Gasteiger partial charge is 0.493 e. The Bertz CT molecular complexity index is 1220. The lowest BCUT2D eigenvalue weighted by Gasteiger charge is -2.37. The second-order valence-electron chi connectivity index (χ2n) is 12.5. The number of halogens is 9. The molecule has 278 valence electrons. The summed E-state index contributed by atoms with van der Waals surface area (Å²) in [6.45, 7) is 10.8. The number of methoxy groups -OCH3 is 1. The maximum Gasteiger partial charge on any atom is 0.460 e. The number of hydrogen-bond acceptors (Lipinski definition) is 7. The van der Waals surface area contributed by atoms with Gasteiger partial charge in [0.2, 0.25) is 0 Å². The number of unbranched alkanes of at least 4 members (excludes halogenated alkanes) is 1. The summed E-state index contributed by atoms with van der Waals surface area (Å²) >= 11 is 0. The summed E-state index contributed by atoms with van der Waals surface area (Å²) in [6.07, 6.45) is -10.2. The predicted molar refractivity (Wildman–Crippen MR) is 161 cm³/mol. The minimum atomic E-state index is -7.01. The van der Waals surface area contributed by atoms with Gasteiger partial charge in [-0.1, -0.05) is 48.0 Å². The van der Waals surface area contributed by atoms with Crippen molar-refractivity contribution in [2.45, 2.75) is 121 Å². The van der Waals surface area contributed by atoms with Gasteiger partial charge < -0.3 is 18.6 Å². The van der Waals surface area contributed by atoms with Crippen molar-refractivity contribution in [2.24, 2.45) is 5.92 Å². The molecule has 8 nitrogen and oxygen atoms in total. The molecule has 0 N–H and O–H groups in total. The van der Waals surface area contributed by atoms with Crippen molar-refractivity contribution in [3.8, 4) is 11.5 Å². The van der Waals surface area contributed by atoms with Crippen molar-refractivity contribution in [3.63, 3.8) is 0 Å². The topological polar surface area (TPSA) is 97.1 Å². The Balaban J connectivity index is 3.11. The van der Waals surface area contributed by atoms with E-state index in [0.29, 0.717) is 23.9 Å². The van der Waals surface area contributed by atoms with Gasteiger partial charge in [-0.25, -0.2) is 0 Å². The number of nitrogens with zero attached hydrogens (tertiary/aromatic N) is 1. The highest BCUT2D eigenvalue weighted by molar-refractivity contribution is 6.76. The first kappa shape index (κ1) is 43.3. The number of rotatable bonds is 20. The Hall–Kier alpha value is -2.76. The Morgan fingerprint density at radius 1 is 0.854 bits per heavy atom. The summed E-state index contributed by atoms with van der Waals surface area (Å²) in [7, 11) is 0.743. The molecule has 1 unspecified atom stereocenters.